The minimum atomic E-state index is -4.94. The van der Waals surface area contributed by atoms with Gasteiger partial charge in [-0.25, -0.2) is 13.1 Å². The van der Waals surface area contributed by atoms with Crippen molar-refractivity contribution in [2.24, 2.45) is 0 Å². The van der Waals surface area contributed by atoms with Crippen molar-refractivity contribution in [2.45, 2.75) is 49.8 Å². The lowest BCUT2D eigenvalue weighted by Gasteiger charge is -2.29. The van der Waals surface area contributed by atoms with Crippen molar-refractivity contribution in [1.29, 1.82) is 0 Å². The quantitative estimate of drug-likeness (QED) is 0.313. The summed E-state index contributed by atoms with van der Waals surface area (Å²) in [5.74, 6) is -1.90. The Bertz CT molecular complexity index is 1300. The second-order valence-corrected chi connectivity index (χ2v) is 11.0. The third kappa shape index (κ3) is 6.46. The van der Waals surface area contributed by atoms with Gasteiger partial charge in [-0.1, -0.05) is 12.1 Å². The molecule has 0 unspecified atom stereocenters. The van der Waals surface area contributed by atoms with Crippen molar-refractivity contribution in [3.05, 3.63) is 68.8 Å². The summed E-state index contributed by atoms with van der Waals surface area (Å²) in [7, 11) is -3.79. The second kappa shape index (κ2) is 10.8. The summed E-state index contributed by atoms with van der Waals surface area (Å²) in [6.07, 6.45) is -2.66. The fourth-order valence-corrected chi connectivity index (χ4v) is 5.83. The standard InChI is InChI=1S/C24H27F3N4O5S/c25-24(26,27)23(32)30-12-8-18-14-22(6-4-19(18)16-30)37(35,36)28-9-1-2-10-29-11-7-17-3-5-21(31(33)34)13-20(17)15-29/h3-6,13-14,28H,1-2,7-12,15-16H2. The molecule has 0 fully saturated rings. The van der Waals surface area contributed by atoms with E-state index in [2.05, 4.69) is 9.62 Å². The van der Waals surface area contributed by atoms with Crippen LogP contribution in [-0.4, -0.2) is 61.4 Å². The van der Waals surface area contributed by atoms with Crippen LogP contribution in [0.5, 0.6) is 0 Å². The monoisotopic (exact) mass is 540 g/mol. The highest BCUT2D eigenvalue weighted by atomic mass is 32.2. The molecule has 1 amide bonds. The topological polar surface area (TPSA) is 113 Å². The zero-order chi connectivity index (χ0) is 26.8. The lowest BCUT2D eigenvalue weighted by molar-refractivity contribution is -0.385. The van der Waals surface area contributed by atoms with E-state index in [9.17, 15) is 36.5 Å². The number of halogens is 3. The molecule has 37 heavy (non-hydrogen) atoms. The fraction of sp³-hybridized carbons (Fsp3) is 0.458. The molecule has 0 atom stereocenters. The number of nitrogens with one attached hydrogen (secondary N) is 1. The van der Waals surface area contributed by atoms with Gasteiger partial charge in [0.15, 0.2) is 0 Å². The maximum atomic E-state index is 12.7. The Morgan fingerprint density at radius 2 is 1.70 bits per heavy atom. The van der Waals surface area contributed by atoms with Gasteiger partial charge in [-0.3, -0.25) is 19.8 Å². The van der Waals surface area contributed by atoms with Crippen LogP contribution in [0.15, 0.2) is 41.3 Å². The number of nitrogens with zero attached hydrogens (tertiary/aromatic N) is 3. The SMILES string of the molecule is O=C(N1CCc2cc(S(=O)(=O)NCCCCN3CCc4ccc([N+](=O)[O-])cc4C3)ccc2C1)C(F)(F)F. The summed E-state index contributed by atoms with van der Waals surface area (Å²) in [4.78, 5) is 25.1. The minimum absolute atomic E-state index is 0.0380. The van der Waals surface area contributed by atoms with Crippen LogP contribution >= 0.6 is 0 Å². The normalized spacial score (nSPS) is 16.2. The van der Waals surface area contributed by atoms with E-state index in [0.717, 1.165) is 42.0 Å². The van der Waals surface area contributed by atoms with Crippen molar-refractivity contribution in [1.82, 2.24) is 14.5 Å². The van der Waals surface area contributed by atoms with Gasteiger partial charge in [0.1, 0.15) is 0 Å². The molecule has 2 aromatic carbocycles. The van der Waals surface area contributed by atoms with Crippen LogP contribution in [0.25, 0.3) is 0 Å². The van der Waals surface area contributed by atoms with Crippen molar-refractivity contribution in [3.8, 4) is 0 Å². The van der Waals surface area contributed by atoms with E-state index >= 15 is 0 Å². The molecule has 2 aliphatic heterocycles. The van der Waals surface area contributed by atoms with Crippen molar-refractivity contribution >= 4 is 21.6 Å². The molecule has 9 nitrogen and oxygen atoms in total. The maximum Gasteiger partial charge on any atom is 0.471 e. The van der Waals surface area contributed by atoms with Crippen LogP contribution in [0.3, 0.4) is 0 Å². The molecular formula is C24H27F3N4O5S. The summed E-state index contributed by atoms with van der Waals surface area (Å²) in [5.41, 5.74) is 3.24. The Morgan fingerprint density at radius 3 is 2.43 bits per heavy atom. The van der Waals surface area contributed by atoms with Crippen LogP contribution in [0.2, 0.25) is 0 Å². The van der Waals surface area contributed by atoms with E-state index in [1.807, 2.05) is 0 Å². The third-order valence-corrected chi connectivity index (χ3v) is 8.17. The highest BCUT2D eigenvalue weighted by Gasteiger charge is 2.43. The average Bonchev–Trinajstić information content (AvgIpc) is 2.86. The fourth-order valence-electron chi connectivity index (χ4n) is 4.71. The van der Waals surface area contributed by atoms with Gasteiger partial charge in [0.25, 0.3) is 5.69 Å². The lowest BCUT2D eigenvalue weighted by Crippen LogP contribution is -2.43. The van der Waals surface area contributed by atoms with E-state index in [-0.39, 0.29) is 36.6 Å². The molecule has 0 radical (unpaired) electrons. The number of carbonyl (C=O) groups is 1. The molecule has 0 bridgehead atoms. The Balaban J connectivity index is 1.25. The molecule has 2 aliphatic rings. The number of rotatable bonds is 8. The summed E-state index contributed by atoms with van der Waals surface area (Å²) in [5, 5.41) is 11.0. The number of nitro benzene ring substituents is 1. The maximum absolute atomic E-state index is 12.7. The molecule has 13 heteroatoms. The number of benzene rings is 2. The number of carbonyl (C=O) groups excluding carboxylic acids is 1. The number of fused-ring (bicyclic) bond motifs is 2. The minimum Gasteiger partial charge on any atom is -0.330 e. The number of unbranched alkanes of at least 4 members (excludes halogenated alkanes) is 1. The molecule has 0 spiro atoms. The van der Waals surface area contributed by atoms with Crippen LogP contribution in [0.4, 0.5) is 18.9 Å². The molecule has 0 aliphatic carbocycles. The second-order valence-electron chi connectivity index (χ2n) is 9.25. The average molecular weight is 541 g/mol. The number of hydrogen-bond donors (Lipinski definition) is 1. The highest BCUT2D eigenvalue weighted by Crippen LogP contribution is 2.27. The molecule has 2 aromatic rings. The Labute approximate surface area is 212 Å². The van der Waals surface area contributed by atoms with Crippen LogP contribution < -0.4 is 4.72 Å². The number of amides is 1. The number of alkyl halides is 3. The van der Waals surface area contributed by atoms with Crippen LogP contribution in [0, 0.1) is 10.1 Å². The first kappa shape index (κ1) is 27.0. The van der Waals surface area contributed by atoms with E-state index in [1.165, 1.54) is 24.3 Å². The van der Waals surface area contributed by atoms with Crippen molar-refractivity contribution in [2.75, 3.05) is 26.2 Å². The first-order valence-electron chi connectivity index (χ1n) is 11.9. The molecule has 200 valence electrons. The molecule has 0 saturated carbocycles. The molecule has 4 rings (SSSR count). The Hall–Kier alpha value is -3.03. The van der Waals surface area contributed by atoms with Crippen LogP contribution in [0.1, 0.15) is 35.1 Å². The zero-order valence-electron chi connectivity index (χ0n) is 20.0. The van der Waals surface area contributed by atoms with E-state index in [1.54, 1.807) is 12.1 Å². The van der Waals surface area contributed by atoms with Crippen molar-refractivity contribution < 1.29 is 31.3 Å². The number of sulfonamides is 1. The molecular weight excluding hydrogens is 513 g/mol. The van der Waals surface area contributed by atoms with Crippen molar-refractivity contribution in [3.63, 3.8) is 0 Å². The van der Waals surface area contributed by atoms with Gasteiger partial charge in [-0.2, -0.15) is 13.2 Å². The van der Waals surface area contributed by atoms with Gasteiger partial charge < -0.3 is 4.90 Å². The van der Waals surface area contributed by atoms with Crippen LogP contribution in [-0.2, 0) is 40.7 Å². The molecule has 0 aromatic heterocycles. The smallest absolute Gasteiger partial charge is 0.330 e. The first-order valence-corrected chi connectivity index (χ1v) is 13.4. The number of nitro groups is 1. The van der Waals surface area contributed by atoms with E-state index in [4.69, 9.17) is 0 Å². The highest BCUT2D eigenvalue weighted by molar-refractivity contribution is 7.89. The first-order chi connectivity index (χ1) is 17.4. The van der Waals surface area contributed by atoms with Gasteiger partial charge in [-0.05, 0) is 66.6 Å². The Morgan fingerprint density at radius 1 is 0.973 bits per heavy atom. The predicted molar refractivity (Wildman–Crippen MR) is 128 cm³/mol. The lowest BCUT2D eigenvalue weighted by atomic mass is 9.99. The largest absolute Gasteiger partial charge is 0.471 e. The molecule has 2 heterocycles. The zero-order valence-corrected chi connectivity index (χ0v) is 20.8. The third-order valence-electron chi connectivity index (χ3n) is 6.72. The summed E-state index contributed by atoms with van der Waals surface area (Å²) < 4.78 is 66.1. The van der Waals surface area contributed by atoms with Gasteiger partial charge >= 0.3 is 12.1 Å². The van der Waals surface area contributed by atoms with Gasteiger partial charge in [-0.15, -0.1) is 0 Å². The molecule has 0 saturated heterocycles. The number of non-ortho nitro benzene ring substituents is 1. The van der Waals surface area contributed by atoms with Gasteiger partial charge in [0, 0.05) is 44.9 Å². The number of hydrogen-bond acceptors (Lipinski definition) is 6. The Kier molecular flexibility index (Phi) is 7.85. The predicted octanol–water partition coefficient (Wildman–Crippen LogP) is 3.16. The van der Waals surface area contributed by atoms with E-state index in [0.29, 0.717) is 24.1 Å². The van der Waals surface area contributed by atoms with Gasteiger partial charge in [0.2, 0.25) is 10.0 Å². The van der Waals surface area contributed by atoms with Gasteiger partial charge in [0.05, 0.1) is 9.82 Å². The summed E-state index contributed by atoms with van der Waals surface area (Å²) >= 11 is 0. The summed E-state index contributed by atoms with van der Waals surface area (Å²) in [6, 6.07) is 9.19. The summed E-state index contributed by atoms with van der Waals surface area (Å²) in [6.45, 7) is 2.06. The molecule has 1 N–H and O–H groups in total. The van der Waals surface area contributed by atoms with E-state index < -0.39 is 27.0 Å².